The Kier molecular flexibility index (Phi) is 7.36. The second-order valence-corrected chi connectivity index (χ2v) is 7.16. The Hall–Kier alpha value is -2.40. The van der Waals surface area contributed by atoms with Crippen molar-refractivity contribution in [2.75, 3.05) is 0 Å². The van der Waals surface area contributed by atoms with Crippen LogP contribution in [0.5, 0.6) is 0 Å². The lowest BCUT2D eigenvalue weighted by Crippen LogP contribution is -2.49. The summed E-state index contributed by atoms with van der Waals surface area (Å²) in [7, 11) is 0. The monoisotopic (exact) mass is 390 g/mol. The number of carbonyl (C=O) groups is 2. The first-order chi connectivity index (χ1) is 12.8. The Morgan fingerprint density at radius 1 is 1.07 bits per heavy atom. The maximum Gasteiger partial charge on any atom is 0.242 e. The highest BCUT2D eigenvalue weighted by atomic mass is 35.5. The van der Waals surface area contributed by atoms with Crippen LogP contribution in [0.2, 0.25) is 5.02 Å². The van der Waals surface area contributed by atoms with Gasteiger partial charge in [-0.15, -0.1) is 0 Å². The number of rotatable bonds is 7. The quantitative estimate of drug-likeness (QED) is 0.777. The molecule has 0 aliphatic carbocycles. The summed E-state index contributed by atoms with van der Waals surface area (Å²) < 4.78 is 13.1. The van der Waals surface area contributed by atoms with Crippen molar-refractivity contribution in [1.29, 1.82) is 0 Å². The fourth-order valence-corrected chi connectivity index (χ4v) is 2.87. The van der Waals surface area contributed by atoms with Gasteiger partial charge >= 0.3 is 0 Å². The molecule has 0 aliphatic rings. The van der Waals surface area contributed by atoms with Gasteiger partial charge in [-0.2, -0.15) is 0 Å². The Labute approximate surface area is 164 Å². The zero-order chi connectivity index (χ0) is 20.0. The molecule has 144 valence electrons. The van der Waals surface area contributed by atoms with Crippen LogP contribution in [0, 0.1) is 5.82 Å². The van der Waals surface area contributed by atoms with Gasteiger partial charge in [0.2, 0.25) is 11.8 Å². The van der Waals surface area contributed by atoms with E-state index in [0.717, 1.165) is 5.56 Å². The summed E-state index contributed by atoms with van der Waals surface area (Å²) >= 11 is 6.24. The summed E-state index contributed by atoms with van der Waals surface area (Å²) in [6.45, 7) is 5.64. The molecule has 0 radical (unpaired) electrons. The molecule has 2 aromatic rings. The molecule has 0 unspecified atom stereocenters. The Bertz CT molecular complexity index is 793. The molecule has 0 aromatic heterocycles. The lowest BCUT2D eigenvalue weighted by Gasteiger charge is -2.29. The van der Waals surface area contributed by atoms with Crippen LogP contribution in [0.3, 0.4) is 0 Å². The second kappa shape index (κ2) is 9.51. The summed E-state index contributed by atoms with van der Waals surface area (Å²) in [5, 5.41) is 3.37. The maximum atomic E-state index is 13.1. The third-order valence-electron chi connectivity index (χ3n) is 4.17. The molecule has 0 saturated carbocycles. The van der Waals surface area contributed by atoms with Gasteiger partial charge in [-0.1, -0.05) is 41.9 Å². The first-order valence-corrected chi connectivity index (χ1v) is 9.23. The molecule has 2 rings (SSSR count). The summed E-state index contributed by atoms with van der Waals surface area (Å²) in [6.07, 6.45) is 0.0734. The van der Waals surface area contributed by atoms with Gasteiger partial charge in [-0.05, 0) is 50.1 Å². The van der Waals surface area contributed by atoms with E-state index in [-0.39, 0.29) is 36.6 Å². The van der Waals surface area contributed by atoms with E-state index in [1.165, 1.54) is 17.0 Å². The molecule has 0 aliphatic heterocycles. The van der Waals surface area contributed by atoms with Crippen molar-refractivity contribution in [1.82, 2.24) is 10.2 Å². The summed E-state index contributed by atoms with van der Waals surface area (Å²) in [5.41, 5.74) is 1.44. The number of nitrogens with zero attached hydrogens (tertiary/aromatic N) is 1. The lowest BCUT2D eigenvalue weighted by atomic mass is 10.1. The van der Waals surface area contributed by atoms with Crippen molar-refractivity contribution in [3.05, 3.63) is 70.5 Å². The van der Waals surface area contributed by atoms with Crippen LogP contribution in [0.1, 0.15) is 31.9 Å². The predicted octanol–water partition coefficient (Wildman–Crippen LogP) is 3.96. The van der Waals surface area contributed by atoms with Crippen LogP contribution in [0.25, 0.3) is 0 Å². The van der Waals surface area contributed by atoms with Crippen LogP contribution in [0.4, 0.5) is 4.39 Å². The molecule has 2 amide bonds. The smallest absolute Gasteiger partial charge is 0.242 e. The Morgan fingerprint density at radius 2 is 1.70 bits per heavy atom. The van der Waals surface area contributed by atoms with E-state index in [1.54, 1.807) is 25.1 Å². The molecule has 0 heterocycles. The third kappa shape index (κ3) is 6.07. The van der Waals surface area contributed by atoms with Gasteiger partial charge in [0.15, 0.2) is 0 Å². The van der Waals surface area contributed by atoms with E-state index in [1.807, 2.05) is 32.0 Å². The molecule has 1 atom stereocenters. The average Bonchev–Trinajstić information content (AvgIpc) is 2.61. The van der Waals surface area contributed by atoms with Gasteiger partial charge in [-0.25, -0.2) is 4.39 Å². The molecule has 1 N–H and O–H groups in total. The molecule has 27 heavy (non-hydrogen) atoms. The van der Waals surface area contributed by atoms with Gasteiger partial charge in [0.25, 0.3) is 0 Å². The third-order valence-corrected chi connectivity index (χ3v) is 4.53. The van der Waals surface area contributed by atoms with Crippen molar-refractivity contribution in [2.45, 2.75) is 45.8 Å². The first kappa shape index (κ1) is 20.9. The van der Waals surface area contributed by atoms with Gasteiger partial charge < -0.3 is 10.2 Å². The molecular formula is C21H24ClFN2O2. The summed E-state index contributed by atoms with van der Waals surface area (Å²) in [6, 6.07) is 12.3. The SMILES string of the molecule is CC(C)NC(=O)[C@H](C)N(Cc1ccccc1Cl)C(=O)Cc1ccc(F)cc1. The summed E-state index contributed by atoms with van der Waals surface area (Å²) in [5.74, 6) is -0.818. The van der Waals surface area contributed by atoms with Crippen LogP contribution in [-0.4, -0.2) is 28.8 Å². The minimum absolute atomic E-state index is 0.0330. The zero-order valence-electron chi connectivity index (χ0n) is 15.7. The number of nitrogens with one attached hydrogen (secondary N) is 1. The van der Waals surface area contributed by atoms with Crippen molar-refractivity contribution in [3.63, 3.8) is 0 Å². The first-order valence-electron chi connectivity index (χ1n) is 8.85. The number of hydrogen-bond donors (Lipinski definition) is 1. The van der Waals surface area contributed by atoms with E-state index in [4.69, 9.17) is 11.6 Å². The number of amides is 2. The molecular weight excluding hydrogens is 367 g/mol. The van der Waals surface area contributed by atoms with Gasteiger partial charge in [-0.3, -0.25) is 9.59 Å². The van der Waals surface area contributed by atoms with Gasteiger partial charge in [0.05, 0.1) is 6.42 Å². The number of halogens is 2. The van der Waals surface area contributed by atoms with E-state index in [0.29, 0.717) is 10.6 Å². The van der Waals surface area contributed by atoms with Gasteiger partial charge in [0, 0.05) is 17.6 Å². The van der Waals surface area contributed by atoms with Crippen LogP contribution < -0.4 is 5.32 Å². The largest absolute Gasteiger partial charge is 0.352 e. The molecule has 0 spiro atoms. The summed E-state index contributed by atoms with van der Waals surface area (Å²) in [4.78, 5) is 26.9. The minimum atomic E-state index is -0.670. The highest BCUT2D eigenvalue weighted by molar-refractivity contribution is 6.31. The lowest BCUT2D eigenvalue weighted by molar-refractivity contribution is -0.140. The van der Waals surface area contributed by atoms with Crippen LogP contribution in [-0.2, 0) is 22.6 Å². The van der Waals surface area contributed by atoms with Crippen molar-refractivity contribution in [3.8, 4) is 0 Å². The zero-order valence-corrected chi connectivity index (χ0v) is 16.5. The molecule has 4 nitrogen and oxygen atoms in total. The van der Waals surface area contributed by atoms with Crippen LogP contribution in [0.15, 0.2) is 48.5 Å². The molecule has 6 heteroatoms. The minimum Gasteiger partial charge on any atom is -0.352 e. The standard InChI is InChI=1S/C21H24ClFN2O2/c1-14(2)24-21(27)15(3)25(13-17-6-4-5-7-19(17)22)20(26)12-16-8-10-18(23)11-9-16/h4-11,14-15H,12-13H2,1-3H3,(H,24,27)/t15-/m0/s1. The van der Waals surface area contributed by atoms with Crippen molar-refractivity contribution < 1.29 is 14.0 Å². The van der Waals surface area contributed by atoms with E-state index >= 15 is 0 Å². The van der Waals surface area contributed by atoms with E-state index in [2.05, 4.69) is 5.32 Å². The highest BCUT2D eigenvalue weighted by Crippen LogP contribution is 2.19. The fraction of sp³-hybridized carbons (Fsp3) is 0.333. The van der Waals surface area contributed by atoms with Crippen molar-refractivity contribution >= 4 is 23.4 Å². The average molecular weight is 391 g/mol. The van der Waals surface area contributed by atoms with E-state index in [9.17, 15) is 14.0 Å². The molecule has 2 aromatic carbocycles. The highest BCUT2D eigenvalue weighted by Gasteiger charge is 2.27. The molecule has 0 saturated heterocycles. The number of hydrogen-bond acceptors (Lipinski definition) is 2. The topological polar surface area (TPSA) is 49.4 Å². The number of benzene rings is 2. The Balaban J connectivity index is 2.24. The predicted molar refractivity (Wildman–Crippen MR) is 105 cm³/mol. The fourth-order valence-electron chi connectivity index (χ4n) is 2.68. The number of carbonyl (C=O) groups excluding carboxylic acids is 2. The molecule has 0 fully saturated rings. The second-order valence-electron chi connectivity index (χ2n) is 6.76. The van der Waals surface area contributed by atoms with Crippen LogP contribution >= 0.6 is 11.6 Å². The van der Waals surface area contributed by atoms with Crippen molar-refractivity contribution in [2.24, 2.45) is 0 Å². The molecule has 0 bridgehead atoms. The van der Waals surface area contributed by atoms with Gasteiger partial charge in [0.1, 0.15) is 11.9 Å². The Morgan fingerprint density at radius 3 is 2.30 bits per heavy atom. The maximum absolute atomic E-state index is 13.1. The van der Waals surface area contributed by atoms with E-state index < -0.39 is 6.04 Å². The normalized spacial score (nSPS) is 11.9.